The Bertz CT molecular complexity index is 1340. The lowest BCUT2D eigenvalue weighted by atomic mass is 9.93. The van der Waals surface area contributed by atoms with E-state index in [1.54, 1.807) is 6.07 Å². The minimum Gasteiger partial charge on any atom is -0.508 e. The molecule has 4 N–H and O–H groups in total. The Morgan fingerprint density at radius 1 is 0.976 bits per heavy atom. The number of hydrogen-bond acceptors (Lipinski definition) is 5. The van der Waals surface area contributed by atoms with Gasteiger partial charge < -0.3 is 25.3 Å². The first-order chi connectivity index (χ1) is 19.6. The number of aliphatic hydroxyl groups excluding tert-OH is 1. The molecule has 1 atom stereocenters. The van der Waals surface area contributed by atoms with Crippen LogP contribution in [0.1, 0.15) is 73.3 Å². The zero-order chi connectivity index (χ0) is 31.1. The van der Waals surface area contributed by atoms with E-state index in [-0.39, 0.29) is 34.9 Å². The summed E-state index contributed by atoms with van der Waals surface area (Å²) in [7, 11) is -2.13. The van der Waals surface area contributed by atoms with Crippen LogP contribution in [-0.2, 0) is 23.9 Å². The molecule has 0 unspecified atom stereocenters. The molecule has 0 fully saturated rings. The van der Waals surface area contributed by atoms with Crippen molar-refractivity contribution in [2.45, 2.75) is 83.8 Å². The summed E-state index contributed by atoms with van der Waals surface area (Å²) in [5, 5.41) is 27.3. The molecule has 8 heteroatoms. The SMILES string of the molecule is CC(C)(Cc1cccc(C(=O)NCCc2ccc(Cl)cc2)c1)NC[C@@H](O[Si](C)(C)C(C)(C)C)c1ccc(O)c(CO)c1. The molecule has 0 heterocycles. The molecule has 0 radical (unpaired) electrons. The Hall–Kier alpha value is -2.68. The van der Waals surface area contributed by atoms with Crippen LogP contribution in [0.3, 0.4) is 0 Å². The third-order valence-electron chi connectivity index (χ3n) is 8.10. The van der Waals surface area contributed by atoms with Crippen molar-refractivity contribution in [3.8, 4) is 5.75 Å². The Labute approximate surface area is 257 Å². The summed E-state index contributed by atoms with van der Waals surface area (Å²) in [5.74, 6) is -0.0130. The fourth-order valence-electron chi connectivity index (χ4n) is 4.53. The average molecular weight is 611 g/mol. The minimum atomic E-state index is -2.13. The lowest BCUT2D eigenvalue weighted by molar-refractivity contribution is 0.0954. The molecule has 42 heavy (non-hydrogen) atoms. The highest BCUT2D eigenvalue weighted by molar-refractivity contribution is 6.74. The standard InChI is InChI=1S/C34H47ClN2O4Si/c1-33(2,3)42(6,7)41-31(26-13-16-30(39)28(20-26)23-38)22-37-34(4,5)21-25-9-8-10-27(19-25)32(40)36-18-17-24-11-14-29(35)15-12-24/h8-16,19-20,31,37-39H,17-18,21-23H2,1-7H3,(H,36,40)/t31-/m1/s1. The van der Waals surface area contributed by atoms with E-state index in [4.69, 9.17) is 16.0 Å². The maximum atomic E-state index is 12.9. The summed E-state index contributed by atoms with van der Waals surface area (Å²) in [4.78, 5) is 12.9. The number of amides is 1. The number of hydrogen-bond donors (Lipinski definition) is 4. The number of rotatable bonds is 13. The van der Waals surface area contributed by atoms with Crippen LogP contribution >= 0.6 is 11.6 Å². The fourth-order valence-corrected chi connectivity index (χ4v) is 5.94. The Kier molecular flexibility index (Phi) is 11.4. The number of carbonyl (C=O) groups is 1. The lowest BCUT2D eigenvalue weighted by Crippen LogP contribution is -2.47. The van der Waals surface area contributed by atoms with Gasteiger partial charge in [-0.1, -0.05) is 62.7 Å². The largest absolute Gasteiger partial charge is 0.508 e. The van der Waals surface area contributed by atoms with Crippen molar-refractivity contribution in [2.75, 3.05) is 13.1 Å². The van der Waals surface area contributed by atoms with Crippen LogP contribution in [0.4, 0.5) is 0 Å². The van der Waals surface area contributed by atoms with Crippen molar-refractivity contribution < 1.29 is 19.4 Å². The fraction of sp³-hybridized carbons (Fsp3) is 0.441. The van der Waals surface area contributed by atoms with Gasteiger partial charge in [0.1, 0.15) is 5.75 Å². The van der Waals surface area contributed by atoms with E-state index < -0.39 is 8.32 Å². The van der Waals surface area contributed by atoms with Gasteiger partial charge >= 0.3 is 0 Å². The second-order valence-electron chi connectivity index (χ2n) is 13.2. The number of aliphatic hydroxyl groups is 1. The topological polar surface area (TPSA) is 90.8 Å². The molecule has 0 saturated carbocycles. The zero-order valence-corrected chi connectivity index (χ0v) is 27.8. The first-order valence-electron chi connectivity index (χ1n) is 14.6. The molecule has 1 amide bonds. The number of benzene rings is 3. The molecule has 6 nitrogen and oxygen atoms in total. The molecule has 0 aliphatic carbocycles. The van der Waals surface area contributed by atoms with Gasteiger partial charge in [-0.25, -0.2) is 0 Å². The molecule has 228 valence electrons. The van der Waals surface area contributed by atoms with Gasteiger partial charge in [-0.3, -0.25) is 4.79 Å². The highest BCUT2D eigenvalue weighted by atomic mass is 35.5. The third kappa shape index (κ3) is 9.68. The molecule has 0 aromatic heterocycles. The highest BCUT2D eigenvalue weighted by Gasteiger charge is 2.39. The van der Waals surface area contributed by atoms with E-state index in [9.17, 15) is 15.0 Å². The molecular weight excluding hydrogens is 564 g/mol. The Balaban J connectivity index is 1.68. The summed E-state index contributed by atoms with van der Waals surface area (Å²) in [6.07, 6.45) is 1.19. The second kappa shape index (κ2) is 14.2. The molecule has 0 aliphatic heterocycles. The van der Waals surface area contributed by atoms with Gasteiger partial charge in [-0.15, -0.1) is 0 Å². The van der Waals surface area contributed by atoms with Gasteiger partial charge in [-0.05, 0) is 97.9 Å². The van der Waals surface area contributed by atoms with Crippen molar-refractivity contribution in [3.63, 3.8) is 0 Å². The monoisotopic (exact) mass is 610 g/mol. The summed E-state index contributed by atoms with van der Waals surface area (Å²) in [6, 6.07) is 20.8. The van der Waals surface area contributed by atoms with Crippen LogP contribution in [0, 0.1) is 0 Å². The van der Waals surface area contributed by atoms with Crippen LogP contribution in [0.25, 0.3) is 0 Å². The number of halogens is 1. The predicted molar refractivity (Wildman–Crippen MR) is 175 cm³/mol. The van der Waals surface area contributed by atoms with E-state index in [0.29, 0.717) is 35.7 Å². The van der Waals surface area contributed by atoms with Gasteiger partial charge in [0.05, 0.1) is 12.7 Å². The first kappa shape index (κ1) is 33.8. The van der Waals surface area contributed by atoms with E-state index in [1.807, 2.05) is 60.7 Å². The number of phenols is 1. The Morgan fingerprint density at radius 3 is 2.31 bits per heavy atom. The van der Waals surface area contributed by atoms with Crippen molar-refractivity contribution in [1.82, 2.24) is 10.6 Å². The van der Waals surface area contributed by atoms with Crippen molar-refractivity contribution in [3.05, 3.63) is 99.6 Å². The molecule has 0 bridgehead atoms. The molecule has 0 aliphatic rings. The smallest absolute Gasteiger partial charge is 0.251 e. The number of carbonyl (C=O) groups excluding carboxylic acids is 1. The van der Waals surface area contributed by atoms with E-state index in [1.165, 1.54) is 0 Å². The van der Waals surface area contributed by atoms with Crippen molar-refractivity contribution in [1.29, 1.82) is 0 Å². The maximum absolute atomic E-state index is 12.9. The van der Waals surface area contributed by atoms with Gasteiger partial charge in [0.2, 0.25) is 0 Å². The van der Waals surface area contributed by atoms with Crippen LogP contribution in [0.5, 0.6) is 5.75 Å². The van der Waals surface area contributed by atoms with E-state index in [2.05, 4.69) is 58.3 Å². The first-order valence-corrected chi connectivity index (χ1v) is 17.9. The summed E-state index contributed by atoms with van der Waals surface area (Å²) < 4.78 is 6.85. The summed E-state index contributed by atoms with van der Waals surface area (Å²) in [5.41, 5.74) is 3.93. The Morgan fingerprint density at radius 2 is 1.67 bits per heavy atom. The second-order valence-corrected chi connectivity index (χ2v) is 18.4. The van der Waals surface area contributed by atoms with E-state index in [0.717, 1.165) is 23.1 Å². The zero-order valence-electron chi connectivity index (χ0n) is 26.1. The normalized spacial score (nSPS) is 13.2. The highest BCUT2D eigenvalue weighted by Crippen LogP contribution is 2.40. The molecular formula is C34H47ClN2O4Si. The minimum absolute atomic E-state index is 0.0212. The molecule has 0 spiro atoms. The molecule has 3 aromatic carbocycles. The predicted octanol–water partition coefficient (Wildman–Crippen LogP) is 7.18. The van der Waals surface area contributed by atoms with Crippen LogP contribution in [-0.4, -0.2) is 43.1 Å². The van der Waals surface area contributed by atoms with Crippen molar-refractivity contribution >= 4 is 25.8 Å². The van der Waals surface area contributed by atoms with E-state index >= 15 is 0 Å². The molecule has 0 saturated heterocycles. The van der Waals surface area contributed by atoms with Gasteiger partial charge in [0, 0.05) is 34.8 Å². The maximum Gasteiger partial charge on any atom is 0.251 e. The van der Waals surface area contributed by atoms with Crippen molar-refractivity contribution in [2.24, 2.45) is 0 Å². The van der Waals surface area contributed by atoms with Crippen LogP contribution in [0.2, 0.25) is 23.2 Å². The van der Waals surface area contributed by atoms with Crippen LogP contribution < -0.4 is 10.6 Å². The third-order valence-corrected chi connectivity index (χ3v) is 12.8. The summed E-state index contributed by atoms with van der Waals surface area (Å²) >= 11 is 5.96. The van der Waals surface area contributed by atoms with Gasteiger partial charge in [0.25, 0.3) is 5.91 Å². The average Bonchev–Trinajstić information content (AvgIpc) is 2.91. The van der Waals surface area contributed by atoms with Gasteiger partial charge in [0.15, 0.2) is 8.32 Å². The number of aromatic hydroxyl groups is 1. The molecule has 3 aromatic rings. The lowest BCUT2D eigenvalue weighted by Gasteiger charge is -2.40. The van der Waals surface area contributed by atoms with Gasteiger partial charge in [-0.2, -0.15) is 0 Å². The number of nitrogens with one attached hydrogen (secondary N) is 2. The van der Waals surface area contributed by atoms with Crippen LogP contribution in [0.15, 0.2) is 66.7 Å². The summed E-state index contributed by atoms with van der Waals surface area (Å²) in [6.45, 7) is 16.2. The quantitative estimate of drug-likeness (QED) is 0.154. The molecule has 3 rings (SSSR count).